The number of hydrogen-bond acceptors (Lipinski definition) is 6. The number of aromatic nitrogens is 3. The van der Waals surface area contributed by atoms with Crippen molar-refractivity contribution in [3.8, 4) is 0 Å². The van der Waals surface area contributed by atoms with E-state index in [2.05, 4.69) is 32.2 Å². The molecule has 1 atom stereocenters. The highest BCUT2D eigenvalue weighted by Gasteiger charge is 2.31. The quantitative estimate of drug-likeness (QED) is 0.502. The molecule has 162 valence electrons. The van der Waals surface area contributed by atoms with E-state index in [1.54, 1.807) is 13.0 Å². The van der Waals surface area contributed by atoms with Gasteiger partial charge in [-0.05, 0) is 43.5 Å². The molecular weight excluding hydrogens is 434 g/mol. The van der Waals surface area contributed by atoms with E-state index >= 15 is 0 Å². The lowest BCUT2D eigenvalue weighted by Crippen LogP contribution is -2.23. The average molecular weight is 458 g/mol. The Morgan fingerprint density at radius 3 is 2.61 bits per heavy atom. The van der Waals surface area contributed by atoms with Crippen molar-refractivity contribution in [3.05, 3.63) is 66.0 Å². The summed E-state index contributed by atoms with van der Waals surface area (Å²) in [5.74, 6) is 1.12. The van der Waals surface area contributed by atoms with Crippen LogP contribution in [0.1, 0.15) is 37.1 Å². The van der Waals surface area contributed by atoms with E-state index in [9.17, 15) is 13.2 Å². The topological polar surface area (TPSA) is 120 Å². The zero-order valence-corrected chi connectivity index (χ0v) is 18.6. The molecule has 2 aromatic carbocycles. The molecule has 1 aliphatic rings. The molecule has 0 radical (unpaired) electrons. The first-order valence-corrected chi connectivity index (χ1v) is 12.3. The molecule has 0 saturated heterocycles. The zero-order chi connectivity index (χ0) is 22.0. The van der Waals surface area contributed by atoms with Crippen LogP contribution >= 0.6 is 11.8 Å². The second-order valence-electron chi connectivity index (χ2n) is 7.51. The van der Waals surface area contributed by atoms with Crippen molar-refractivity contribution in [3.63, 3.8) is 0 Å². The molecule has 1 saturated carbocycles. The number of primary sulfonamides is 1. The van der Waals surface area contributed by atoms with E-state index in [0.717, 1.165) is 24.2 Å². The number of nitrogens with two attached hydrogens (primary N) is 1. The molecule has 3 aromatic rings. The fourth-order valence-electron chi connectivity index (χ4n) is 3.15. The number of nitrogens with one attached hydrogen (secondary N) is 1. The third kappa shape index (κ3) is 5.33. The van der Waals surface area contributed by atoms with Crippen molar-refractivity contribution in [2.24, 2.45) is 5.14 Å². The van der Waals surface area contributed by atoms with E-state index < -0.39 is 15.3 Å². The summed E-state index contributed by atoms with van der Waals surface area (Å²) >= 11 is 1.33. The molecule has 0 spiro atoms. The van der Waals surface area contributed by atoms with Crippen LogP contribution < -0.4 is 10.5 Å². The standard InChI is InChI=1S/C21H23N5O3S2/c1-14(20(27)23-17-8-5-9-18(12-17)31(22,28)29)30-21-25-24-19(16-10-11-16)26(21)13-15-6-3-2-4-7-15/h2-9,12,14,16H,10-11,13H2,1H3,(H,23,27)(H2,22,28,29)/t14-/m1/s1. The van der Waals surface area contributed by atoms with Crippen molar-refractivity contribution in [2.45, 2.75) is 47.5 Å². The molecule has 1 amide bonds. The lowest BCUT2D eigenvalue weighted by atomic mass is 10.2. The molecule has 0 unspecified atom stereocenters. The van der Waals surface area contributed by atoms with Gasteiger partial charge in [-0.15, -0.1) is 10.2 Å². The van der Waals surface area contributed by atoms with Crippen LogP contribution in [-0.4, -0.2) is 34.3 Å². The summed E-state index contributed by atoms with van der Waals surface area (Å²) in [6, 6.07) is 16.0. The van der Waals surface area contributed by atoms with Crippen LogP contribution in [0.15, 0.2) is 64.6 Å². The maximum atomic E-state index is 12.7. The average Bonchev–Trinajstić information content (AvgIpc) is 3.51. The van der Waals surface area contributed by atoms with Crippen LogP contribution in [0.3, 0.4) is 0 Å². The number of benzene rings is 2. The molecule has 0 aliphatic heterocycles. The molecule has 3 N–H and O–H groups in total. The minimum Gasteiger partial charge on any atom is -0.325 e. The summed E-state index contributed by atoms with van der Waals surface area (Å²) in [7, 11) is -3.84. The Hall–Kier alpha value is -2.69. The van der Waals surface area contributed by atoms with Crippen LogP contribution in [0.5, 0.6) is 0 Å². The first kappa shape index (κ1) is 21.5. The highest BCUT2D eigenvalue weighted by atomic mass is 32.2. The summed E-state index contributed by atoms with van der Waals surface area (Å²) in [5, 5.41) is 16.9. The number of sulfonamides is 1. The van der Waals surface area contributed by atoms with E-state index in [0.29, 0.717) is 23.3 Å². The van der Waals surface area contributed by atoms with Crippen LogP contribution in [-0.2, 0) is 21.4 Å². The predicted octanol–water partition coefficient (Wildman–Crippen LogP) is 2.97. The lowest BCUT2D eigenvalue weighted by Gasteiger charge is -2.14. The van der Waals surface area contributed by atoms with Crippen molar-refractivity contribution in [1.29, 1.82) is 0 Å². The first-order chi connectivity index (χ1) is 14.8. The lowest BCUT2D eigenvalue weighted by molar-refractivity contribution is -0.115. The molecule has 1 heterocycles. The molecule has 31 heavy (non-hydrogen) atoms. The number of carbonyl (C=O) groups is 1. The summed E-state index contributed by atoms with van der Waals surface area (Å²) in [6.07, 6.45) is 2.21. The van der Waals surface area contributed by atoms with E-state index in [-0.39, 0.29) is 10.8 Å². The second-order valence-corrected chi connectivity index (χ2v) is 10.4. The highest BCUT2D eigenvalue weighted by Crippen LogP contribution is 2.40. The fourth-order valence-corrected chi connectivity index (χ4v) is 4.57. The van der Waals surface area contributed by atoms with Gasteiger partial charge in [0, 0.05) is 11.6 Å². The Balaban J connectivity index is 1.49. The van der Waals surface area contributed by atoms with Gasteiger partial charge in [-0.3, -0.25) is 4.79 Å². The number of hydrogen-bond donors (Lipinski definition) is 2. The van der Waals surface area contributed by atoms with Crippen LogP contribution in [0, 0.1) is 0 Å². The van der Waals surface area contributed by atoms with Crippen molar-refractivity contribution in [2.75, 3.05) is 5.32 Å². The molecule has 1 aliphatic carbocycles. The summed E-state index contributed by atoms with van der Waals surface area (Å²) in [4.78, 5) is 12.7. The van der Waals surface area contributed by atoms with Gasteiger partial charge in [-0.1, -0.05) is 48.2 Å². The van der Waals surface area contributed by atoms with E-state index in [4.69, 9.17) is 5.14 Å². The Labute approximate surface area is 185 Å². The summed E-state index contributed by atoms with van der Waals surface area (Å²) in [5.41, 5.74) is 1.51. The molecule has 1 fully saturated rings. The van der Waals surface area contributed by atoms with E-state index in [1.807, 2.05) is 18.2 Å². The molecule has 8 nitrogen and oxygen atoms in total. The zero-order valence-electron chi connectivity index (χ0n) is 16.9. The third-order valence-electron chi connectivity index (χ3n) is 4.95. The van der Waals surface area contributed by atoms with Gasteiger partial charge in [0.2, 0.25) is 15.9 Å². The van der Waals surface area contributed by atoms with Crippen LogP contribution in [0.25, 0.3) is 0 Å². The molecular formula is C21H23N5O3S2. The van der Waals surface area contributed by atoms with Gasteiger partial charge in [0.05, 0.1) is 16.7 Å². The van der Waals surface area contributed by atoms with Gasteiger partial charge in [0.15, 0.2) is 5.16 Å². The van der Waals surface area contributed by atoms with Crippen molar-refractivity contribution >= 4 is 33.4 Å². The molecule has 0 bridgehead atoms. The predicted molar refractivity (Wildman–Crippen MR) is 119 cm³/mol. The van der Waals surface area contributed by atoms with Crippen molar-refractivity contribution in [1.82, 2.24) is 14.8 Å². The van der Waals surface area contributed by atoms with Crippen LogP contribution in [0.4, 0.5) is 5.69 Å². The second kappa shape index (κ2) is 8.81. The fraction of sp³-hybridized carbons (Fsp3) is 0.286. The Kier molecular flexibility index (Phi) is 6.12. The third-order valence-corrected chi connectivity index (χ3v) is 6.94. The van der Waals surface area contributed by atoms with Crippen molar-refractivity contribution < 1.29 is 13.2 Å². The SMILES string of the molecule is C[C@@H](Sc1nnc(C2CC2)n1Cc1ccccc1)C(=O)Nc1cccc(S(N)(=O)=O)c1. The normalized spacial score (nSPS) is 14.9. The summed E-state index contributed by atoms with van der Waals surface area (Å²) in [6.45, 7) is 2.43. The van der Waals surface area contributed by atoms with Gasteiger partial charge in [-0.2, -0.15) is 0 Å². The monoisotopic (exact) mass is 457 g/mol. The molecule has 10 heteroatoms. The number of thioether (sulfide) groups is 1. The minimum absolute atomic E-state index is 0.0534. The summed E-state index contributed by atoms with van der Waals surface area (Å²) < 4.78 is 25.2. The number of rotatable bonds is 8. The maximum Gasteiger partial charge on any atom is 0.238 e. The highest BCUT2D eigenvalue weighted by molar-refractivity contribution is 8.00. The van der Waals surface area contributed by atoms with Crippen LogP contribution in [0.2, 0.25) is 0 Å². The Morgan fingerprint density at radius 2 is 1.94 bits per heavy atom. The van der Waals surface area contributed by atoms with Gasteiger partial charge < -0.3 is 9.88 Å². The number of anilines is 1. The number of carbonyl (C=O) groups excluding carboxylic acids is 1. The minimum atomic E-state index is -3.84. The molecule has 1 aromatic heterocycles. The molecule has 4 rings (SSSR count). The van der Waals surface area contributed by atoms with E-state index in [1.165, 1.54) is 30.0 Å². The first-order valence-electron chi connectivity index (χ1n) is 9.88. The van der Waals surface area contributed by atoms with Gasteiger partial charge in [0.25, 0.3) is 0 Å². The Bertz CT molecular complexity index is 1190. The smallest absolute Gasteiger partial charge is 0.238 e. The van der Waals surface area contributed by atoms with Gasteiger partial charge in [-0.25, -0.2) is 13.6 Å². The largest absolute Gasteiger partial charge is 0.325 e. The number of amides is 1. The number of nitrogens with zero attached hydrogens (tertiary/aromatic N) is 3. The maximum absolute atomic E-state index is 12.7. The van der Waals surface area contributed by atoms with Gasteiger partial charge in [0.1, 0.15) is 5.82 Å². The Morgan fingerprint density at radius 1 is 1.19 bits per heavy atom. The van der Waals surface area contributed by atoms with Gasteiger partial charge >= 0.3 is 0 Å².